The van der Waals surface area contributed by atoms with Crippen LogP contribution in [0, 0.1) is 0 Å². The fraction of sp³-hybridized carbons (Fsp3) is 0.545. The van der Waals surface area contributed by atoms with E-state index in [-0.39, 0.29) is 5.54 Å². The van der Waals surface area contributed by atoms with E-state index in [1.54, 1.807) is 0 Å². The molecule has 0 unspecified atom stereocenters. The van der Waals surface area contributed by atoms with Gasteiger partial charge in [-0.2, -0.15) is 0 Å². The smallest absolute Gasteiger partial charge is 0.0542 e. The minimum Gasteiger partial charge on any atom is -0.306 e. The summed E-state index contributed by atoms with van der Waals surface area (Å²) in [6.07, 6.45) is 2.94. The summed E-state index contributed by atoms with van der Waals surface area (Å²) in [5.74, 6) is 0. The Bertz CT molecular complexity index is 280. The SMILES string of the molecule is CCC(C)(C)NCc1ccc(Br)cn1. The third kappa shape index (κ3) is 3.76. The van der Waals surface area contributed by atoms with Gasteiger partial charge in [-0.3, -0.25) is 4.98 Å². The van der Waals surface area contributed by atoms with Crippen LogP contribution in [-0.2, 0) is 6.54 Å². The number of hydrogen-bond acceptors (Lipinski definition) is 2. The second kappa shape index (κ2) is 4.89. The number of nitrogens with one attached hydrogen (secondary N) is 1. The van der Waals surface area contributed by atoms with E-state index in [9.17, 15) is 0 Å². The second-order valence-electron chi connectivity index (χ2n) is 4.06. The van der Waals surface area contributed by atoms with Gasteiger partial charge in [-0.25, -0.2) is 0 Å². The van der Waals surface area contributed by atoms with Crippen molar-refractivity contribution < 1.29 is 0 Å². The van der Waals surface area contributed by atoms with Crippen LogP contribution in [0.5, 0.6) is 0 Å². The lowest BCUT2D eigenvalue weighted by atomic mass is 10.0. The van der Waals surface area contributed by atoms with Gasteiger partial charge >= 0.3 is 0 Å². The van der Waals surface area contributed by atoms with Crippen LogP contribution in [0.3, 0.4) is 0 Å². The fourth-order valence-corrected chi connectivity index (χ4v) is 1.20. The van der Waals surface area contributed by atoms with Crippen LogP contribution < -0.4 is 5.32 Å². The highest BCUT2D eigenvalue weighted by Gasteiger charge is 2.13. The molecule has 0 saturated heterocycles. The highest BCUT2D eigenvalue weighted by molar-refractivity contribution is 9.10. The van der Waals surface area contributed by atoms with Crippen molar-refractivity contribution in [2.45, 2.75) is 39.3 Å². The van der Waals surface area contributed by atoms with Gasteiger partial charge in [0.05, 0.1) is 5.69 Å². The standard InChI is InChI=1S/C11H17BrN2/c1-4-11(2,3)14-8-10-6-5-9(12)7-13-10/h5-7,14H,4,8H2,1-3H3. The first-order chi connectivity index (χ1) is 6.53. The van der Waals surface area contributed by atoms with Crippen molar-refractivity contribution in [2.75, 3.05) is 0 Å². The molecule has 0 radical (unpaired) electrons. The molecule has 0 amide bonds. The quantitative estimate of drug-likeness (QED) is 0.896. The van der Waals surface area contributed by atoms with Crippen LogP contribution >= 0.6 is 15.9 Å². The van der Waals surface area contributed by atoms with E-state index in [1.165, 1.54) is 0 Å². The Balaban J connectivity index is 2.50. The molecule has 0 fully saturated rings. The van der Waals surface area contributed by atoms with Crippen LogP contribution in [0.25, 0.3) is 0 Å². The Morgan fingerprint density at radius 3 is 2.64 bits per heavy atom. The van der Waals surface area contributed by atoms with Gasteiger partial charge in [0.15, 0.2) is 0 Å². The van der Waals surface area contributed by atoms with Crippen molar-refractivity contribution in [3.8, 4) is 0 Å². The number of nitrogens with zero attached hydrogens (tertiary/aromatic N) is 1. The Morgan fingerprint density at radius 2 is 2.14 bits per heavy atom. The molecule has 1 aromatic rings. The van der Waals surface area contributed by atoms with Crippen LogP contribution in [0.4, 0.5) is 0 Å². The van der Waals surface area contributed by atoms with Crippen molar-refractivity contribution in [1.29, 1.82) is 0 Å². The predicted octanol–water partition coefficient (Wildman–Crippen LogP) is 3.12. The molecular formula is C11H17BrN2. The molecule has 0 bridgehead atoms. The summed E-state index contributed by atoms with van der Waals surface area (Å²) in [4.78, 5) is 4.31. The van der Waals surface area contributed by atoms with E-state index in [0.717, 1.165) is 23.1 Å². The van der Waals surface area contributed by atoms with E-state index in [4.69, 9.17) is 0 Å². The summed E-state index contributed by atoms with van der Waals surface area (Å²) < 4.78 is 1.02. The van der Waals surface area contributed by atoms with Gasteiger partial charge in [0, 0.05) is 22.8 Å². The van der Waals surface area contributed by atoms with E-state index in [2.05, 4.69) is 47.0 Å². The fourth-order valence-electron chi connectivity index (χ4n) is 0.966. The summed E-state index contributed by atoms with van der Waals surface area (Å²) in [6, 6.07) is 4.05. The van der Waals surface area contributed by atoms with Crippen molar-refractivity contribution in [2.24, 2.45) is 0 Å². The largest absolute Gasteiger partial charge is 0.306 e. The monoisotopic (exact) mass is 256 g/mol. The third-order valence-electron chi connectivity index (χ3n) is 2.42. The minimum atomic E-state index is 0.189. The first-order valence-electron chi connectivity index (χ1n) is 4.89. The lowest BCUT2D eigenvalue weighted by Crippen LogP contribution is -2.37. The molecule has 1 aromatic heterocycles. The van der Waals surface area contributed by atoms with E-state index in [1.807, 2.05) is 18.3 Å². The average molecular weight is 257 g/mol. The third-order valence-corrected chi connectivity index (χ3v) is 2.89. The van der Waals surface area contributed by atoms with Crippen molar-refractivity contribution >= 4 is 15.9 Å². The number of aromatic nitrogens is 1. The normalized spacial score (nSPS) is 11.7. The summed E-state index contributed by atoms with van der Waals surface area (Å²) >= 11 is 3.37. The van der Waals surface area contributed by atoms with Gasteiger partial charge in [0.2, 0.25) is 0 Å². The molecule has 0 aliphatic carbocycles. The number of pyridine rings is 1. The van der Waals surface area contributed by atoms with Gasteiger partial charge in [0.1, 0.15) is 0 Å². The topological polar surface area (TPSA) is 24.9 Å². The number of halogens is 1. The van der Waals surface area contributed by atoms with Gasteiger partial charge in [-0.15, -0.1) is 0 Å². The van der Waals surface area contributed by atoms with Crippen molar-refractivity contribution in [3.05, 3.63) is 28.5 Å². The molecule has 1 heterocycles. The Labute approximate surface area is 94.3 Å². The van der Waals surface area contributed by atoms with E-state index >= 15 is 0 Å². The van der Waals surface area contributed by atoms with Gasteiger partial charge in [-0.1, -0.05) is 6.92 Å². The Morgan fingerprint density at radius 1 is 1.43 bits per heavy atom. The maximum absolute atomic E-state index is 4.31. The lowest BCUT2D eigenvalue weighted by Gasteiger charge is -2.24. The summed E-state index contributed by atoms with van der Waals surface area (Å²) in [5.41, 5.74) is 1.27. The van der Waals surface area contributed by atoms with E-state index in [0.29, 0.717) is 0 Å². The van der Waals surface area contributed by atoms with Crippen molar-refractivity contribution in [1.82, 2.24) is 10.3 Å². The van der Waals surface area contributed by atoms with Crippen LogP contribution in [-0.4, -0.2) is 10.5 Å². The first kappa shape index (κ1) is 11.7. The zero-order valence-electron chi connectivity index (χ0n) is 8.97. The van der Waals surface area contributed by atoms with Gasteiger partial charge in [0.25, 0.3) is 0 Å². The molecule has 0 atom stereocenters. The highest BCUT2D eigenvalue weighted by Crippen LogP contribution is 2.10. The maximum atomic E-state index is 4.31. The molecule has 78 valence electrons. The van der Waals surface area contributed by atoms with Gasteiger partial charge in [-0.05, 0) is 48.3 Å². The Kier molecular flexibility index (Phi) is 4.08. The minimum absolute atomic E-state index is 0.189. The van der Waals surface area contributed by atoms with Crippen LogP contribution in [0.1, 0.15) is 32.9 Å². The van der Waals surface area contributed by atoms with Crippen LogP contribution in [0.2, 0.25) is 0 Å². The summed E-state index contributed by atoms with van der Waals surface area (Å²) in [7, 11) is 0. The van der Waals surface area contributed by atoms with Crippen LogP contribution in [0.15, 0.2) is 22.8 Å². The molecule has 0 aliphatic heterocycles. The van der Waals surface area contributed by atoms with E-state index < -0.39 is 0 Å². The Hall–Kier alpha value is -0.410. The zero-order valence-corrected chi connectivity index (χ0v) is 10.6. The molecule has 2 nitrogen and oxygen atoms in total. The maximum Gasteiger partial charge on any atom is 0.0542 e. The second-order valence-corrected chi connectivity index (χ2v) is 4.97. The lowest BCUT2D eigenvalue weighted by molar-refractivity contribution is 0.372. The molecule has 3 heteroatoms. The molecule has 1 rings (SSSR count). The average Bonchev–Trinajstić information content (AvgIpc) is 2.17. The van der Waals surface area contributed by atoms with Crippen molar-refractivity contribution in [3.63, 3.8) is 0 Å². The number of hydrogen-bond donors (Lipinski definition) is 1. The first-order valence-corrected chi connectivity index (χ1v) is 5.68. The van der Waals surface area contributed by atoms with Gasteiger partial charge < -0.3 is 5.32 Å². The predicted molar refractivity (Wildman–Crippen MR) is 63.1 cm³/mol. The summed E-state index contributed by atoms with van der Waals surface area (Å²) in [6.45, 7) is 7.41. The molecule has 0 aliphatic rings. The molecule has 1 N–H and O–H groups in total. The molecule has 0 saturated carbocycles. The summed E-state index contributed by atoms with van der Waals surface area (Å²) in [5, 5.41) is 3.47. The number of rotatable bonds is 4. The zero-order chi connectivity index (χ0) is 10.6. The molecular weight excluding hydrogens is 240 g/mol. The molecule has 0 spiro atoms. The highest BCUT2D eigenvalue weighted by atomic mass is 79.9. The molecule has 14 heavy (non-hydrogen) atoms. The molecule has 0 aromatic carbocycles.